The van der Waals surface area contributed by atoms with E-state index in [9.17, 15) is 4.39 Å². The van der Waals surface area contributed by atoms with Crippen molar-refractivity contribution in [1.29, 1.82) is 0 Å². The van der Waals surface area contributed by atoms with Crippen LogP contribution in [0.2, 0.25) is 5.15 Å². The lowest BCUT2D eigenvalue weighted by molar-refractivity contribution is 0.600. The van der Waals surface area contributed by atoms with Gasteiger partial charge in [0.1, 0.15) is 17.8 Å². The number of hydrogen-bond donors (Lipinski definition) is 2. The van der Waals surface area contributed by atoms with Gasteiger partial charge in [0, 0.05) is 5.56 Å². The molecule has 1 unspecified atom stereocenters. The molecule has 6 heteroatoms. The Morgan fingerprint density at radius 1 is 1.33 bits per heavy atom. The van der Waals surface area contributed by atoms with Crippen LogP contribution in [0.15, 0.2) is 30.6 Å². The Balaban J connectivity index is 2.24. The molecule has 2 aromatic rings. The van der Waals surface area contributed by atoms with Crippen LogP contribution in [0.3, 0.4) is 0 Å². The van der Waals surface area contributed by atoms with Crippen molar-refractivity contribution < 1.29 is 4.39 Å². The fraction of sp³-hybridized carbons (Fsp3) is 0.167. The number of nitrogen functional groups attached to an aromatic ring is 1. The van der Waals surface area contributed by atoms with Crippen LogP contribution in [0, 0.1) is 5.82 Å². The van der Waals surface area contributed by atoms with Gasteiger partial charge in [0.05, 0.1) is 6.04 Å². The van der Waals surface area contributed by atoms with Gasteiger partial charge in [-0.1, -0.05) is 29.8 Å². The van der Waals surface area contributed by atoms with E-state index in [-0.39, 0.29) is 22.7 Å². The molecule has 1 atom stereocenters. The zero-order valence-electron chi connectivity index (χ0n) is 9.69. The number of hydrogen-bond acceptors (Lipinski definition) is 4. The number of nitrogens with two attached hydrogens (primary N) is 1. The van der Waals surface area contributed by atoms with E-state index < -0.39 is 0 Å². The first kappa shape index (κ1) is 12.6. The highest BCUT2D eigenvalue weighted by atomic mass is 35.5. The first-order valence-electron chi connectivity index (χ1n) is 5.36. The number of nitrogens with zero attached hydrogens (tertiary/aromatic N) is 2. The lowest BCUT2D eigenvalue weighted by Gasteiger charge is -2.16. The number of nitrogens with one attached hydrogen (secondary N) is 1. The van der Waals surface area contributed by atoms with E-state index in [1.165, 1.54) is 12.4 Å². The van der Waals surface area contributed by atoms with Crippen LogP contribution < -0.4 is 11.1 Å². The van der Waals surface area contributed by atoms with Crippen molar-refractivity contribution in [2.24, 2.45) is 0 Å². The molecule has 0 saturated carbocycles. The highest BCUT2D eigenvalue weighted by molar-refractivity contribution is 6.32. The summed E-state index contributed by atoms with van der Waals surface area (Å²) in [7, 11) is 0. The third-order valence-corrected chi connectivity index (χ3v) is 2.86. The molecule has 1 aromatic heterocycles. The molecule has 1 heterocycles. The van der Waals surface area contributed by atoms with Crippen LogP contribution in [-0.4, -0.2) is 9.97 Å². The average Bonchev–Trinajstić information content (AvgIpc) is 2.35. The zero-order valence-corrected chi connectivity index (χ0v) is 10.4. The monoisotopic (exact) mass is 266 g/mol. The third kappa shape index (κ3) is 2.51. The molecule has 18 heavy (non-hydrogen) atoms. The summed E-state index contributed by atoms with van der Waals surface area (Å²) in [6, 6.07) is 6.24. The fourth-order valence-electron chi connectivity index (χ4n) is 1.60. The van der Waals surface area contributed by atoms with Gasteiger partial charge in [-0.2, -0.15) is 0 Å². The quantitative estimate of drug-likeness (QED) is 0.838. The molecule has 0 spiro atoms. The van der Waals surface area contributed by atoms with E-state index in [0.717, 1.165) is 0 Å². The molecule has 0 aliphatic rings. The van der Waals surface area contributed by atoms with Crippen molar-refractivity contribution in [3.05, 3.63) is 47.1 Å². The molecule has 0 aliphatic carbocycles. The molecule has 0 fully saturated rings. The Labute approximate surface area is 109 Å². The van der Waals surface area contributed by atoms with Gasteiger partial charge in [-0.05, 0) is 13.0 Å². The molecule has 1 aromatic carbocycles. The summed E-state index contributed by atoms with van der Waals surface area (Å²) in [5, 5.41) is 3.18. The molecule has 0 amide bonds. The Hall–Kier alpha value is -1.88. The lowest BCUT2D eigenvalue weighted by Crippen LogP contribution is -2.11. The maximum absolute atomic E-state index is 13.6. The van der Waals surface area contributed by atoms with Crippen LogP contribution in [0.1, 0.15) is 18.5 Å². The molecule has 0 saturated heterocycles. The first-order valence-corrected chi connectivity index (χ1v) is 5.74. The van der Waals surface area contributed by atoms with E-state index in [0.29, 0.717) is 11.4 Å². The number of anilines is 2. The minimum Gasteiger partial charge on any atom is -0.393 e. The van der Waals surface area contributed by atoms with Gasteiger partial charge in [0.15, 0.2) is 11.0 Å². The van der Waals surface area contributed by atoms with Gasteiger partial charge in [0.25, 0.3) is 0 Å². The Morgan fingerprint density at radius 2 is 2.06 bits per heavy atom. The topological polar surface area (TPSA) is 63.8 Å². The number of aromatic nitrogens is 2. The Bertz CT molecular complexity index is 562. The van der Waals surface area contributed by atoms with Crippen LogP contribution >= 0.6 is 11.6 Å². The van der Waals surface area contributed by atoms with Gasteiger partial charge >= 0.3 is 0 Å². The normalized spacial score (nSPS) is 12.2. The highest BCUT2D eigenvalue weighted by Crippen LogP contribution is 2.26. The summed E-state index contributed by atoms with van der Waals surface area (Å²) >= 11 is 5.78. The summed E-state index contributed by atoms with van der Waals surface area (Å²) < 4.78 is 13.6. The molecule has 94 valence electrons. The molecule has 4 nitrogen and oxygen atoms in total. The molecular weight excluding hydrogens is 255 g/mol. The zero-order chi connectivity index (χ0) is 13.1. The average molecular weight is 267 g/mol. The largest absolute Gasteiger partial charge is 0.393 e. The minimum absolute atomic E-state index is 0.174. The fourth-order valence-corrected chi connectivity index (χ4v) is 1.73. The lowest BCUT2D eigenvalue weighted by atomic mass is 10.1. The minimum atomic E-state index is -0.281. The summed E-state index contributed by atoms with van der Waals surface area (Å²) in [6.07, 6.45) is 1.30. The molecular formula is C12H12ClFN4. The van der Waals surface area contributed by atoms with E-state index in [2.05, 4.69) is 15.3 Å². The second-order valence-electron chi connectivity index (χ2n) is 3.81. The summed E-state index contributed by atoms with van der Waals surface area (Å²) in [5.74, 6) is 0.113. The maximum Gasteiger partial charge on any atom is 0.157 e. The second kappa shape index (κ2) is 5.18. The Kier molecular flexibility index (Phi) is 3.62. The molecule has 0 bridgehead atoms. The standard InChI is InChI=1S/C12H12ClFN4/c1-7(8-4-2-3-5-9(8)14)18-12-10(15)11(13)16-6-17-12/h2-7H,15H2,1H3,(H,16,17,18). The molecule has 0 radical (unpaired) electrons. The Morgan fingerprint density at radius 3 is 2.78 bits per heavy atom. The van der Waals surface area contributed by atoms with Crippen molar-refractivity contribution >= 4 is 23.1 Å². The van der Waals surface area contributed by atoms with Crippen LogP contribution in [-0.2, 0) is 0 Å². The molecule has 3 N–H and O–H groups in total. The van der Waals surface area contributed by atoms with Gasteiger partial charge in [-0.25, -0.2) is 14.4 Å². The molecule has 2 rings (SSSR count). The predicted octanol–water partition coefficient (Wildman–Crippen LogP) is 3.02. The number of rotatable bonds is 3. The summed E-state index contributed by atoms with van der Waals surface area (Å²) in [4.78, 5) is 7.73. The smallest absolute Gasteiger partial charge is 0.157 e. The van der Waals surface area contributed by atoms with Gasteiger partial charge in [-0.15, -0.1) is 0 Å². The van der Waals surface area contributed by atoms with Crippen molar-refractivity contribution in [2.45, 2.75) is 13.0 Å². The van der Waals surface area contributed by atoms with Crippen LogP contribution in [0.25, 0.3) is 0 Å². The van der Waals surface area contributed by atoms with Crippen LogP contribution in [0.4, 0.5) is 15.9 Å². The number of benzene rings is 1. The highest BCUT2D eigenvalue weighted by Gasteiger charge is 2.13. The van der Waals surface area contributed by atoms with E-state index in [1.807, 2.05) is 6.92 Å². The second-order valence-corrected chi connectivity index (χ2v) is 4.17. The summed E-state index contributed by atoms with van der Waals surface area (Å²) in [6.45, 7) is 1.81. The SMILES string of the molecule is CC(Nc1ncnc(Cl)c1N)c1ccccc1F. The van der Waals surface area contributed by atoms with Crippen molar-refractivity contribution in [1.82, 2.24) is 9.97 Å². The van der Waals surface area contributed by atoms with E-state index in [1.54, 1.807) is 18.2 Å². The van der Waals surface area contributed by atoms with E-state index >= 15 is 0 Å². The third-order valence-electron chi connectivity index (χ3n) is 2.56. The van der Waals surface area contributed by atoms with Crippen molar-refractivity contribution in [2.75, 3.05) is 11.1 Å². The van der Waals surface area contributed by atoms with Crippen LogP contribution in [0.5, 0.6) is 0 Å². The predicted molar refractivity (Wildman–Crippen MR) is 69.9 cm³/mol. The van der Waals surface area contributed by atoms with E-state index in [4.69, 9.17) is 17.3 Å². The maximum atomic E-state index is 13.6. The van der Waals surface area contributed by atoms with Crippen molar-refractivity contribution in [3.8, 4) is 0 Å². The first-order chi connectivity index (χ1) is 8.59. The van der Waals surface area contributed by atoms with Crippen molar-refractivity contribution in [3.63, 3.8) is 0 Å². The van der Waals surface area contributed by atoms with Gasteiger partial charge in [0.2, 0.25) is 0 Å². The van der Waals surface area contributed by atoms with Gasteiger partial charge in [-0.3, -0.25) is 0 Å². The van der Waals surface area contributed by atoms with Gasteiger partial charge < -0.3 is 11.1 Å². The summed E-state index contributed by atoms with van der Waals surface area (Å²) in [5.41, 5.74) is 6.52. The number of halogens is 2. The molecule has 0 aliphatic heterocycles.